The minimum atomic E-state index is -0.0119. The van der Waals surface area contributed by atoms with Gasteiger partial charge in [0.05, 0.1) is 7.11 Å². The SMILES string of the molecule is CNCC(C)C(=O)c1cccc(OC)c1. The average molecular weight is 207 g/mol. The summed E-state index contributed by atoms with van der Waals surface area (Å²) >= 11 is 0. The van der Waals surface area contributed by atoms with Crippen molar-refractivity contribution in [3.63, 3.8) is 0 Å². The first-order valence-corrected chi connectivity index (χ1v) is 5.02. The van der Waals surface area contributed by atoms with Crippen LogP contribution in [0.5, 0.6) is 5.75 Å². The van der Waals surface area contributed by atoms with Crippen LogP contribution in [0, 0.1) is 5.92 Å². The summed E-state index contributed by atoms with van der Waals surface area (Å²) in [5.74, 6) is 0.850. The largest absolute Gasteiger partial charge is 0.497 e. The molecular weight excluding hydrogens is 190 g/mol. The van der Waals surface area contributed by atoms with Crippen molar-refractivity contribution in [1.82, 2.24) is 5.32 Å². The molecule has 0 amide bonds. The van der Waals surface area contributed by atoms with E-state index >= 15 is 0 Å². The molecule has 0 aliphatic heterocycles. The normalized spacial score (nSPS) is 12.2. The highest BCUT2D eigenvalue weighted by atomic mass is 16.5. The van der Waals surface area contributed by atoms with Crippen LogP contribution < -0.4 is 10.1 Å². The number of carbonyl (C=O) groups is 1. The van der Waals surface area contributed by atoms with Crippen LogP contribution in [0.2, 0.25) is 0 Å². The molecule has 1 rings (SSSR count). The number of ether oxygens (including phenoxy) is 1. The molecule has 0 fully saturated rings. The van der Waals surface area contributed by atoms with Gasteiger partial charge in [0, 0.05) is 18.0 Å². The van der Waals surface area contributed by atoms with Gasteiger partial charge in [-0.05, 0) is 19.2 Å². The summed E-state index contributed by atoms with van der Waals surface area (Å²) in [7, 11) is 3.44. The van der Waals surface area contributed by atoms with E-state index in [-0.39, 0.29) is 11.7 Å². The van der Waals surface area contributed by atoms with Crippen molar-refractivity contribution in [2.24, 2.45) is 5.92 Å². The number of ketones is 1. The summed E-state index contributed by atoms with van der Waals surface area (Å²) in [5.41, 5.74) is 0.706. The predicted octanol–water partition coefficient (Wildman–Crippen LogP) is 1.73. The monoisotopic (exact) mass is 207 g/mol. The van der Waals surface area contributed by atoms with Crippen LogP contribution in [0.4, 0.5) is 0 Å². The summed E-state index contributed by atoms with van der Waals surface area (Å²) in [6.45, 7) is 2.61. The van der Waals surface area contributed by atoms with Crippen LogP contribution in [0.1, 0.15) is 17.3 Å². The Hall–Kier alpha value is -1.35. The molecule has 1 aromatic rings. The summed E-state index contributed by atoms with van der Waals surface area (Å²) in [4.78, 5) is 11.9. The van der Waals surface area contributed by atoms with Gasteiger partial charge in [-0.25, -0.2) is 0 Å². The third-order valence-electron chi connectivity index (χ3n) is 2.31. The molecule has 3 nitrogen and oxygen atoms in total. The third-order valence-corrected chi connectivity index (χ3v) is 2.31. The lowest BCUT2D eigenvalue weighted by Crippen LogP contribution is -2.23. The molecule has 1 unspecified atom stereocenters. The van der Waals surface area contributed by atoms with Gasteiger partial charge in [-0.3, -0.25) is 4.79 Å². The van der Waals surface area contributed by atoms with Crippen molar-refractivity contribution in [2.75, 3.05) is 20.7 Å². The van der Waals surface area contributed by atoms with Gasteiger partial charge in [0.15, 0.2) is 5.78 Å². The van der Waals surface area contributed by atoms with Crippen LogP contribution in [0.3, 0.4) is 0 Å². The Morgan fingerprint density at radius 3 is 2.87 bits per heavy atom. The van der Waals surface area contributed by atoms with Gasteiger partial charge in [-0.1, -0.05) is 19.1 Å². The molecule has 1 atom stereocenters. The van der Waals surface area contributed by atoms with E-state index in [1.807, 2.05) is 32.2 Å². The number of methoxy groups -OCH3 is 1. The lowest BCUT2D eigenvalue weighted by atomic mass is 9.99. The predicted molar refractivity (Wildman–Crippen MR) is 60.4 cm³/mol. The number of Topliss-reactive ketones (excluding diaryl/α,β-unsaturated/α-hetero) is 1. The Balaban J connectivity index is 2.81. The fourth-order valence-electron chi connectivity index (χ4n) is 1.46. The van der Waals surface area contributed by atoms with Crippen LogP contribution in [-0.4, -0.2) is 26.5 Å². The molecule has 0 spiro atoms. The molecule has 0 saturated carbocycles. The van der Waals surface area contributed by atoms with Crippen molar-refractivity contribution in [2.45, 2.75) is 6.92 Å². The summed E-state index contributed by atoms with van der Waals surface area (Å²) in [5, 5.41) is 2.99. The molecule has 15 heavy (non-hydrogen) atoms. The second kappa shape index (κ2) is 5.51. The van der Waals surface area contributed by atoms with E-state index in [4.69, 9.17) is 4.74 Å². The molecule has 1 aromatic carbocycles. The zero-order valence-corrected chi connectivity index (χ0v) is 9.41. The molecule has 0 heterocycles. The first-order chi connectivity index (χ1) is 7.19. The second-order valence-corrected chi connectivity index (χ2v) is 3.55. The Labute approximate surface area is 90.4 Å². The van der Waals surface area contributed by atoms with Crippen molar-refractivity contribution in [3.05, 3.63) is 29.8 Å². The van der Waals surface area contributed by atoms with Crippen LogP contribution in [0.25, 0.3) is 0 Å². The number of rotatable bonds is 5. The second-order valence-electron chi connectivity index (χ2n) is 3.55. The Kier molecular flexibility index (Phi) is 4.31. The average Bonchev–Trinajstić information content (AvgIpc) is 2.28. The van der Waals surface area contributed by atoms with Crippen molar-refractivity contribution >= 4 is 5.78 Å². The maximum atomic E-state index is 11.9. The van der Waals surface area contributed by atoms with Gasteiger partial charge in [-0.15, -0.1) is 0 Å². The highest BCUT2D eigenvalue weighted by Crippen LogP contribution is 2.15. The van der Waals surface area contributed by atoms with Crippen molar-refractivity contribution < 1.29 is 9.53 Å². The maximum Gasteiger partial charge on any atom is 0.167 e. The van der Waals surface area contributed by atoms with E-state index in [1.165, 1.54) is 0 Å². The van der Waals surface area contributed by atoms with Gasteiger partial charge >= 0.3 is 0 Å². The first-order valence-electron chi connectivity index (χ1n) is 5.02. The summed E-state index contributed by atoms with van der Waals surface area (Å²) < 4.78 is 5.08. The van der Waals surface area contributed by atoms with Gasteiger partial charge in [0.25, 0.3) is 0 Å². The zero-order valence-electron chi connectivity index (χ0n) is 9.41. The molecule has 0 radical (unpaired) electrons. The fourth-order valence-corrected chi connectivity index (χ4v) is 1.46. The van der Waals surface area contributed by atoms with E-state index < -0.39 is 0 Å². The lowest BCUT2D eigenvalue weighted by molar-refractivity contribution is 0.0930. The Morgan fingerprint density at radius 2 is 2.27 bits per heavy atom. The molecule has 82 valence electrons. The number of carbonyl (C=O) groups excluding carboxylic acids is 1. The summed E-state index contributed by atoms with van der Waals surface area (Å²) in [6, 6.07) is 7.25. The highest BCUT2D eigenvalue weighted by molar-refractivity contribution is 5.98. The molecule has 0 bridgehead atoms. The molecule has 0 aliphatic carbocycles. The third kappa shape index (κ3) is 3.06. The molecule has 3 heteroatoms. The molecule has 0 aromatic heterocycles. The summed E-state index contributed by atoms with van der Waals surface area (Å²) in [6.07, 6.45) is 0. The van der Waals surface area contributed by atoms with Gasteiger partial charge in [-0.2, -0.15) is 0 Å². The number of hydrogen-bond donors (Lipinski definition) is 1. The molecule has 1 N–H and O–H groups in total. The maximum absolute atomic E-state index is 11.9. The molecular formula is C12H17NO2. The fraction of sp³-hybridized carbons (Fsp3) is 0.417. The van der Waals surface area contributed by atoms with Crippen LogP contribution >= 0.6 is 0 Å². The Morgan fingerprint density at radius 1 is 1.53 bits per heavy atom. The molecule has 0 saturated heterocycles. The van der Waals surface area contributed by atoms with Crippen LogP contribution in [-0.2, 0) is 0 Å². The minimum absolute atomic E-state index is 0.0119. The number of nitrogens with one attached hydrogen (secondary N) is 1. The van der Waals surface area contributed by atoms with Crippen LogP contribution in [0.15, 0.2) is 24.3 Å². The van der Waals surface area contributed by atoms with E-state index in [9.17, 15) is 4.79 Å². The first kappa shape index (κ1) is 11.7. The standard InChI is InChI=1S/C12H17NO2/c1-9(8-13-2)12(14)10-5-4-6-11(7-10)15-3/h4-7,9,13H,8H2,1-3H3. The van der Waals surface area contributed by atoms with Gasteiger partial charge in [0.1, 0.15) is 5.75 Å². The van der Waals surface area contributed by atoms with E-state index in [1.54, 1.807) is 13.2 Å². The quantitative estimate of drug-likeness (QED) is 0.747. The van der Waals surface area contributed by atoms with Gasteiger partial charge in [0.2, 0.25) is 0 Å². The van der Waals surface area contributed by atoms with Crippen molar-refractivity contribution in [1.29, 1.82) is 0 Å². The topological polar surface area (TPSA) is 38.3 Å². The van der Waals surface area contributed by atoms with E-state index in [2.05, 4.69) is 5.32 Å². The highest BCUT2D eigenvalue weighted by Gasteiger charge is 2.14. The lowest BCUT2D eigenvalue weighted by Gasteiger charge is -2.10. The Bertz CT molecular complexity index is 336. The number of benzene rings is 1. The van der Waals surface area contributed by atoms with Gasteiger partial charge < -0.3 is 10.1 Å². The smallest absolute Gasteiger partial charge is 0.167 e. The minimum Gasteiger partial charge on any atom is -0.497 e. The van der Waals surface area contributed by atoms with E-state index in [0.29, 0.717) is 12.1 Å². The zero-order chi connectivity index (χ0) is 11.3. The number of hydrogen-bond acceptors (Lipinski definition) is 3. The van der Waals surface area contributed by atoms with E-state index in [0.717, 1.165) is 5.75 Å². The molecule has 0 aliphatic rings. The van der Waals surface area contributed by atoms with Crippen molar-refractivity contribution in [3.8, 4) is 5.75 Å².